The average molecular weight is 353 g/mol. The summed E-state index contributed by atoms with van der Waals surface area (Å²) in [6, 6.07) is 24.4. The number of hydrogen-bond acceptors (Lipinski definition) is 3. The highest BCUT2D eigenvalue weighted by Gasteiger charge is 2.06. The van der Waals surface area contributed by atoms with E-state index in [-0.39, 0.29) is 12.5 Å². The van der Waals surface area contributed by atoms with Gasteiger partial charge in [0.2, 0.25) is 0 Å². The van der Waals surface area contributed by atoms with Gasteiger partial charge in [-0.3, -0.25) is 4.79 Å². The van der Waals surface area contributed by atoms with Gasteiger partial charge in [-0.25, -0.2) is 0 Å². The Morgan fingerprint density at radius 2 is 1.40 bits per heavy atom. The van der Waals surface area contributed by atoms with Gasteiger partial charge in [-0.15, -0.1) is 0 Å². The zero-order chi connectivity index (χ0) is 17.5. The standard InChI is InChI=1S/C20H17ClN2O2/c21-18-8-4-5-9-19(18)25-14-20(24)23-17-12-10-16(11-13-17)22-15-6-2-1-3-7-15/h1-13,22H,14H2,(H,23,24). The van der Waals surface area contributed by atoms with Gasteiger partial charge in [0.25, 0.3) is 5.91 Å². The van der Waals surface area contributed by atoms with Gasteiger partial charge in [0.1, 0.15) is 5.75 Å². The van der Waals surface area contributed by atoms with E-state index in [4.69, 9.17) is 16.3 Å². The summed E-state index contributed by atoms with van der Waals surface area (Å²) in [7, 11) is 0. The number of para-hydroxylation sites is 2. The van der Waals surface area contributed by atoms with E-state index in [0.29, 0.717) is 16.5 Å². The van der Waals surface area contributed by atoms with Gasteiger partial charge < -0.3 is 15.4 Å². The predicted octanol–water partition coefficient (Wildman–Crippen LogP) is 5.10. The first-order valence-electron chi connectivity index (χ1n) is 7.80. The number of carbonyl (C=O) groups is 1. The number of ether oxygens (including phenoxy) is 1. The van der Waals surface area contributed by atoms with E-state index >= 15 is 0 Å². The first-order chi connectivity index (χ1) is 12.2. The summed E-state index contributed by atoms with van der Waals surface area (Å²) < 4.78 is 5.42. The van der Waals surface area contributed by atoms with Crippen LogP contribution >= 0.6 is 11.6 Å². The van der Waals surface area contributed by atoms with E-state index in [1.807, 2.05) is 54.6 Å². The van der Waals surface area contributed by atoms with Gasteiger partial charge in [0, 0.05) is 17.1 Å². The van der Waals surface area contributed by atoms with E-state index < -0.39 is 0 Å². The van der Waals surface area contributed by atoms with Crippen molar-refractivity contribution < 1.29 is 9.53 Å². The molecule has 126 valence electrons. The van der Waals surface area contributed by atoms with Crippen LogP contribution in [0.2, 0.25) is 5.02 Å². The van der Waals surface area contributed by atoms with Crippen LogP contribution in [0.3, 0.4) is 0 Å². The predicted molar refractivity (Wildman–Crippen MR) is 102 cm³/mol. The molecule has 0 heterocycles. The topological polar surface area (TPSA) is 50.4 Å². The number of anilines is 3. The van der Waals surface area contributed by atoms with Gasteiger partial charge in [0.05, 0.1) is 5.02 Å². The largest absolute Gasteiger partial charge is 0.482 e. The molecule has 0 aromatic heterocycles. The quantitative estimate of drug-likeness (QED) is 0.648. The minimum Gasteiger partial charge on any atom is -0.482 e. The van der Waals surface area contributed by atoms with E-state index in [2.05, 4.69) is 10.6 Å². The molecule has 0 radical (unpaired) electrons. The van der Waals surface area contributed by atoms with Crippen LogP contribution < -0.4 is 15.4 Å². The van der Waals surface area contributed by atoms with Gasteiger partial charge in [-0.2, -0.15) is 0 Å². The summed E-state index contributed by atoms with van der Waals surface area (Å²) >= 11 is 5.99. The number of nitrogens with one attached hydrogen (secondary N) is 2. The molecular weight excluding hydrogens is 336 g/mol. The molecule has 3 aromatic carbocycles. The molecule has 0 aliphatic carbocycles. The molecule has 0 fully saturated rings. The Hall–Kier alpha value is -2.98. The molecular formula is C20H17ClN2O2. The van der Waals surface area contributed by atoms with E-state index in [0.717, 1.165) is 11.4 Å². The Morgan fingerprint density at radius 3 is 2.12 bits per heavy atom. The Kier molecular flexibility index (Phi) is 5.54. The van der Waals surface area contributed by atoms with Crippen molar-refractivity contribution in [3.63, 3.8) is 0 Å². The SMILES string of the molecule is O=C(COc1ccccc1Cl)Nc1ccc(Nc2ccccc2)cc1. The van der Waals surface area contributed by atoms with E-state index in [1.54, 1.807) is 24.3 Å². The summed E-state index contributed by atoms with van der Waals surface area (Å²) in [4.78, 5) is 12.0. The summed E-state index contributed by atoms with van der Waals surface area (Å²) in [6.07, 6.45) is 0. The third kappa shape index (κ3) is 4.99. The van der Waals surface area contributed by atoms with Gasteiger partial charge in [-0.05, 0) is 48.5 Å². The maximum atomic E-state index is 12.0. The highest BCUT2D eigenvalue weighted by molar-refractivity contribution is 6.32. The van der Waals surface area contributed by atoms with Gasteiger partial charge in [-0.1, -0.05) is 41.9 Å². The molecule has 2 N–H and O–H groups in total. The number of amides is 1. The molecule has 5 heteroatoms. The first-order valence-corrected chi connectivity index (χ1v) is 8.18. The fourth-order valence-electron chi connectivity index (χ4n) is 2.23. The lowest BCUT2D eigenvalue weighted by atomic mass is 10.2. The van der Waals surface area contributed by atoms with Crippen molar-refractivity contribution in [1.29, 1.82) is 0 Å². The van der Waals surface area contributed by atoms with Crippen molar-refractivity contribution in [2.45, 2.75) is 0 Å². The van der Waals surface area contributed by atoms with Crippen LogP contribution in [0.5, 0.6) is 5.75 Å². The summed E-state index contributed by atoms with van der Waals surface area (Å²) in [6.45, 7) is -0.103. The van der Waals surface area contributed by atoms with Crippen molar-refractivity contribution in [3.8, 4) is 5.75 Å². The third-order valence-electron chi connectivity index (χ3n) is 3.43. The molecule has 0 aliphatic heterocycles. The molecule has 0 unspecified atom stereocenters. The monoisotopic (exact) mass is 352 g/mol. The molecule has 0 atom stereocenters. The summed E-state index contributed by atoms with van der Waals surface area (Å²) in [5.41, 5.74) is 2.65. The van der Waals surface area contributed by atoms with E-state index in [1.165, 1.54) is 0 Å². The van der Waals surface area contributed by atoms with Gasteiger partial charge in [0.15, 0.2) is 6.61 Å². The van der Waals surface area contributed by atoms with Crippen molar-refractivity contribution in [2.75, 3.05) is 17.2 Å². The lowest BCUT2D eigenvalue weighted by Gasteiger charge is -2.10. The number of carbonyl (C=O) groups excluding carboxylic acids is 1. The molecule has 0 saturated carbocycles. The Morgan fingerprint density at radius 1 is 0.800 bits per heavy atom. The maximum absolute atomic E-state index is 12.0. The van der Waals surface area contributed by atoms with Crippen molar-refractivity contribution in [2.24, 2.45) is 0 Å². The number of benzene rings is 3. The maximum Gasteiger partial charge on any atom is 0.262 e. The Balaban J connectivity index is 1.52. The summed E-state index contributed by atoms with van der Waals surface area (Å²) in [5, 5.41) is 6.55. The molecule has 25 heavy (non-hydrogen) atoms. The molecule has 1 amide bonds. The Bertz CT molecular complexity index is 836. The van der Waals surface area contributed by atoms with Crippen LogP contribution in [0.4, 0.5) is 17.1 Å². The molecule has 4 nitrogen and oxygen atoms in total. The lowest BCUT2D eigenvalue weighted by Crippen LogP contribution is -2.20. The fourth-order valence-corrected chi connectivity index (χ4v) is 2.42. The van der Waals surface area contributed by atoms with E-state index in [9.17, 15) is 4.79 Å². The molecule has 3 rings (SSSR count). The van der Waals surface area contributed by atoms with Gasteiger partial charge >= 0.3 is 0 Å². The zero-order valence-electron chi connectivity index (χ0n) is 13.4. The third-order valence-corrected chi connectivity index (χ3v) is 3.74. The highest BCUT2D eigenvalue weighted by Crippen LogP contribution is 2.23. The second-order valence-electron chi connectivity index (χ2n) is 5.34. The molecule has 0 spiro atoms. The van der Waals surface area contributed by atoms with Crippen LogP contribution in [0.25, 0.3) is 0 Å². The summed E-state index contributed by atoms with van der Waals surface area (Å²) in [5.74, 6) is 0.241. The molecule has 3 aromatic rings. The second-order valence-corrected chi connectivity index (χ2v) is 5.74. The minimum absolute atomic E-state index is 0.103. The van der Waals surface area contributed by atoms with Crippen molar-refractivity contribution in [1.82, 2.24) is 0 Å². The smallest absolute Gasteiger partial charge is 0.262 e. The van der Waals surface area contributed by atoms with Crippen molar-refractivity contribution in [3.05, 3.63) is 83.9 Å². The fraction of sp³-hybridized carbons (Fsp3) is 0.0500. The first kappa shape index (κ1) is 16.9. The van der Waals surface area contributed by atoms with Crippen LogP contribution in [0.1, 0.15) is 0 Å². The van der Waals surface area contributed by atoms with Crippen LogP contribution in [0.15, 0.2) is 78.9 Å². The molecule has 0 bridgehead atoms. The second kappa shape index (κ2) is 8.22. The number of halogens is 1. The highest BCUT2D eigenvalue weighted by atomic mass is 35.5. The minimum atomic E-state index is -0.247. The number of hydrogen-bond donors (Lipinski definition) is 2. The molecule has 0 saturated heterocycles. The normalized spacial score (nSPS) is 10.1. The lowest BCUT2D eigenvalue weighted by molar-refractivity contribution is -0.118. The molecule has 0 aliphatic rings. The van der Waals surface area contributed by atoms with Crippen molar-refractivity contribution >= 4 is 34.6 Å². The zero-order valence-corrected chi connectivity index (χ0v) is 14.2. The average Bonchev–Trinajstić information content (AvgIpc) is 2.64. The van der Waals surface area contributed by atoms with Crippen LogP contribution in [-0.2, 0) is 4.79 Å². The number of rotatable bonds is 6. The Labute approximate surface area is 151 Å². The van der Waals surface area contributed by atoms with Crippen LogP contribution in [-0.4, -0.2) is 12.5 Å². The van der Waals surface area contributed by atoms with Crippen LogP contribution in [0, 0.1) is 0 Å².